The van der Waals surface area contributed by atoms with E-state index in [0.29, 0.717) is 5.69 Å². The van der Waals surface area contributed by atoms with Crippen molar-refractivity contribution in [1.29, 1.82) is 0 Å². The second-order valence-electron chi connectivity index (χ2n) is 7.29. The highest BCUT2D eigenvalue weighted by Crippen LogP contribution is 2.19. The van der Waals surface area contributed by atoms with Gasteiger partial charge in [0.2, 0.25) is 15.9 Å². The van der Waals surface area contributed by atoms with Crippen LogP contribution < -0.4 is 14.9 Å². The third kappa shape index (κ3) is 6.98. The maximum absolute atomic E-state index is 12.1. The molecule has 0 radical (unpaired) electrons. The van der Waals surface area contributed by atoms with Gasteiger partial charge in [0.1, 0.15) is 0 Å². The first-order valence-electron chi connectivity index (χ1n) is 9.97. The van der Waals surface area contributed by atoms with Gasteiger partial charge in [0.15, 0.2) is 0 Å². The predicted molar refractivity (Wildman–Crippen MR) is 122 cm³/mol. The highest BCUT2D eigenvalue weighted by Gasteiger charge is 2.14. The topological polar surface area (TPSA) is 81.8 Å². The Morgan fingerprint density at radius 3 is 2.33 bits per heavy atom. The summed E-state index contributed by atoms with van der Waals surface area (Å²) in [6.45, 7) is 4.08. The van der Waals surface area contributed by atoms with Crippen molar-refractivity contribution in [1.82, 2.24) is 9.62 Å². The SMILES string of the molecule is CN1CCN(c2ccc(NC(=O)CCNS(=O)(=O)/C=C/c3ccccc3)cc2)CC1. The molecule has 0 spiro atoms. The van der Waals surface area contributed by atoms with Gasteiger partial charge in [-0.1, -0.05) is 30.3 Å². The minimum absolute atomic E-state index is 0.0344. The Morgan fingerprint density at radius 1 is 1.00 bits per heavy atom. The maximum Gasteiger partial charge on any atom is 0.233 e. The Labute approximate surface area is 178 Å². The number of nitrogens with zero attached hydrogens (tertiary/aromatic N) is 2. The molecule has 0 aliphatic carbocycles. The second kappa shape index (κ2) is 10.4. The average Bonchev–Trinajstić information content (AvgIpc) is 2.74. The molecule has 0 atom stereocenters. The number of carbonyl (C=O) groups excluding carboxylic acids is 1. The summed E-state index contributed by atoms with van der Waals surface area (Å²) in [4.78, 5) is 16.7. The van der Waals surface area contributed by atoms with Gasteiger partial charge in [0.25, 0.3) is 0 Å². The number of carbonyl (C=O) groups is 1. The molecule has 1 aliphatic rings. The van der Waals surface area contributed by atoms with Crippen LogP contribution in [0.5, 0.6) is 0 Å². The van der Waals surface area contributed by atoms with Crippen LogP contribution >= 0.6 is 0 Å². The number of sulfonamides is 1. The van der Waals surface area contributed by atoms with E-state index in [4.69, 9.17) is 0 Å². The number of piperazine rings is 1. The van der Waals surface area contributed by atoms with Crippen molar-refractivity contribution in [2.45, 2.75) is 6.42 Å². The molecular weight excluding hydrogens is 400 g/mol. The summed E-state index contributed by atoms with van der Waals surface area (Å²) in [7, 11) is -1.47. The Morgan fingerprint density at radius 2 is 1.67 bits per heavy atom. The minimum atomic E-state index is -3.59. The molecule has 0 unspecified atom stereocenters. The molecule has 2 aromatic rings. The van der Waals surface area contributed by atoms with Crippen molar-refractivity contribution < 1.29 is 13.2 Å². The fourth-order valence-electron chi connectivity index (χ4n) is 3.13. The lowest BCUT2D eigenvalue weighted by molar-refractivity contribution is -0.116. The van der Waals surface area contributed by atoms with Crippen LogP contribution in [0.4, 0.5) is 11.4 Å². The van der Waals surface area contributed by atoms with Gasteiger partial charge in [0.05, 0.1) is 0 Å². The lowest BCUT2D eigenvalue weighted by atomic mass is 10.2. The molecule has 2 aromatic carbocycles. The van der Waals surface area contributed by atoms with E-state index in [1.54, 1.807) is 0 Å². The molecule has 30 heavy (non-hydrogen) atoms. The van der Waals surface area contributed by atoms with Gasteiger partial charge in [-0.05, 0) is 43.0 Å². The summed E-state index contributed by atoms with van der Waals surface area (Å²) < 4.78 is 26.4. The van der Waals surface area contributed by atoms with Crippen LogP contribution in [0.15, 0.2) is 60.0 Å². The minimum Gasteiger partial charge on any atom is -0.369 e. The number of likely N-dealkylation sites (N-methyl/N-ethyl adjacent to an activating group) is 1. The molecule has 1 aliphatic heterocycles. The molecule has 160 valence electrons. The van der Waals surface area contributed by atoms with E-state index < -0.39 is 10.0 Å². The molecular formula is C22H28N4O3S. The maximum atomic E-state index is 12.1. The van der Waals surface area contributed by atoms with E-state index in [9.17, 15) is 13.2 Å². The first kappa shape index (κ1) is 22.0. The van der Waals surface area contributed by atoms with Gasteiger partial charge in [-0.2, -0.15) is 0 Å². The molecule has 1 saturated heterocycles. The van der Waals surface area contributed by atoms with Crippen molar-refractivity contribution in [3.05, 3.63) is 65.6 Å². The van der Waals surface area contributed by atoms with Crippen LogP contribution in [0.25, 0.3) is 6.08 Å². The smallest absolute Gasteiger partial charge is 0.233 e. The molecule has 7 nitrogen and oxygen atoms in total. The van der Waals surface area contributed by atoms with Crippen LogP contribution in [0.2, 0.25) is 0 Å². The summed E-state index contributed by atoms with van der Waals surface area (Å²) in [5.74, 6) is -0.239. The van der Waals surface area contributed by atoms with Gasteiger partial charge in [0, 0.05) is 55.9 Å². The largest absolute Gasteiger partial charge is 0.369 e. The van der Waals surface area contributed by atoms with Gasteiger partial charge in [-0.3, -0.25) is 4.79 Å². The second-order valence-corrected chi connectivity index (χ2v) is 8.94. The van der Waals surface area contributed by atoms with Crippen LogP contribution in [0.3, 0.4) is 0 Å². The number of benzene rings is 2. The molecule has 3 rings (SSSR count). The summed E-state index contributed by atoms with van der Waals surface area (Å²) in [6, 6.07) is 16.9. The van der Waals surface area contributed by atoms with Crippen LogP contribution in [0.1, 0.15) is 12.0 Å². The van der Waals surface area contributed by atoms with Gasteiger partial charge >= 0.3 is 0 Å². The highest BCUT2D eigenvalue weighted by atomic mass is 32.2. The van der Waals surface area contributed by atoms with Gasteiger partial charge in [-0.15, -0.1) is 0 Å². The Kier molecular flexibility index (Phi) is 7.62. The number of hydrogen-bond donors (Lipinski definition) is 2. The zero-order valence-electron chi connectivity index (χ0n) is 17.1. The summed E-state index contributed by atoms with van der Waals surface area (Å²) in [6.07, 6.45) is 1.57. The molecule has 1 heterocycles. The monoisotopic (exact) mass is 428 g/mol. The molecule has 0 aromatic heterocycles. The standard InChI is InChI=1S/C22H28N4O3S/c1-25-14-16-26(17-15-25)21-9-7-20(8-10-21)24-22(27)11-13-23-30(28,29)18-12-19-5-3-2-4-6-19/h2-10,12,18,23H,11,13-17H2,1H3,(H,24,27)/b18-12+. The van der Waals surface area contributed by atoms with Gasteiger partial charge in [-0.25, -0.2) is 13.1 Å². The number of anilines is 2. The van der Waals surface area contributed by atoms with E-state index >= 15 is 0 Å². The van der Waals surface area contributed by atoms with Crippen molar-refractivity contribution in [3.63, 3.8) is 0 Å². The molecule has 1 fully saturated rings. The van der Waals surface area contributed by atoms with Gasteiger partial charge < -0.3 is 15.1 Å². The zero-order valence-corrected chi connectivity index (χ0v) is 17.9. The lowest BCUT2D eigenvalue weighted by Crippen LogP contribution is -2.44. The van der Waals surface area contributed by atoms with E-state index in [-0.39, 0.29) is 18.9 Å². The molecule has 0 bridgehead atoms. The van der Waals surface area contributed by atoms with E-state index in [1.807, 2.05) is 54.6 Å². The quantitative estimate of drug-likeness (QED) is 0.675. The highest BCUT2D eigenvalue weighted by molar-refractivity contribution is 7.92. The molecule has 8 heteroatoms. The van der Waals surface area contributed by atoms with Crippen LogP contribution in [-0.2, 0) is 14.8 Å². The number of nitrogens with one attached hydrogen (secondary N) is 2. The van der Waals surface area contributed by atoms with Crippen molar-refractivity contribution in [2.24, 2.45) is 0 Å². The fraction of sp³-hybridized carbons (Fsp3) is 0.318. The summed E-state index contributed by atoms with van der Waals surface area (Å²) in [5.41, 5.74) is 2.63. The molecule has 1 amide bonds. The number of rotatable bonds is 8. The number of hydrogen-bond acceptors (Lipinski definition) is 5. The van der Waals surface area contributed by atoms with E-state index in [0.717, 1.165) is 42.8 Å². The molecule has 0 saturated carbocycles. The molecule has 2 N–H and O–H groups in total. The first-order valence-corrected chi connectivity index (χ1v) is 11.5. The van der Waals surface area contributed by atoms with Crippen LogP contribution in [0, 0.1) is 0 Å². The Bertz CT molecular complexity index is 952. The summed E-state index contributed by atoms with van der Waals surface area (Å²) in [5, 5.41) is 3.91. The number of amides is 1. The van der Waals surface area contributed by atoms with E-state index in [1.165, 1.54) is 6.08 Å². The van der Waals surface area contributed by atoms with Crippen molar-refractivity contribution in [2.75, 3.05) is 50.0 Å². The first-order chi connectivity index (χ1) is 14.4. The zero-order chi connectivity index (χ0) is 21.4. The van der Waals surface area contributed by atoms with Crippen molar-refractivity contribution >= 4 is 33.4 Å². The third-order valence-electron chi connectivity index (χ3n) is 4.91. The Hall–Kier alpha value is -2.68. The van der Waals surface area contributed by atoms with Crippen LogP contribution in [-0.4, -0.2) is 59.0 Å². The third-order valence-corrected chi connectivity index (χ3v) is 6.01. The Balaban J connectivity index is 1.42. The fourth-order valence-corrected chi connectivity index (χ4v) is 3.95. The van der Waals surface area contributed by atoms with Crippen molar-refractivity contribution in [3.8, 4) is 0 Å². The predicted octanol–water partition coefficient (Wildman–Crippen LogP) is 2.36. The summed E-state index contributed by atoms with van der Waals surface area (Å²) >= 11 is 0. The lowest BCUT2D eigenvalue weighted by Gasteiger charge is -2.34. The normalized spacial score (nSPS) is 15.4. The average molecular weight is 429 g/mol. The van der Waals surface area contributed by atoms with E-state index in [2.05, 4.69) is 26.9 Å².